The minimum atomic E-state index is -1.33. The average Bonchev–Trinajstić information content (AvgIpc) is 1.86. The Balaban J connectivity index is 3.09. The van der Waals surface area contributed by atoms with Crippen LogP contribution in [0.3, 0.4) is 0 Å². The predicted octanol–water partition coefficient (Wildman–Crippen LogP) is 2.10. The highest BCUT2D eigenvalue weighted by molar-refractivity contribution is 8.17. The molecule has 0 aliphatic carbocycles. The van der Waals surface area contributed by atoms with Gasteiger partial charge < -0.3 is 0 Å². The van der Waals surface area contributed by atoms with Crippen molar-refractivity contribution in [3.8, 4) is 0 Å². The van der Waals surface area contributed by atoms with E-state index in [-0.39, 0.29) is 0 Å². The maximum absolute atomic E-state index is 5.63. The maximum atomic E-state index is 5.63. The third-order valence-electron chi connectivity index (χ3n) is 1.33. The minimum absolute atomic E-state index is 0.525. The number of rotatable bonds is 1. The van der Waals surface area contributed by atoms with Gasteiger partial charge in [-0.1, -0.05) is 23.4 Å². The third kappa shape index (κ3) is 2.55. The van der Waals surface area contributed by atoms with Crippen LogP contribution in [-0.2, 0) is 11.8 Å². The molecule has 0 spiro atoms. The van der Waals surface area contributed by atoms with Gasteiger partial charge in [0.25, 0.3) is 0 Å². The summed E-state index contributed by atoms with van der Waals surface area (Å²) in [7, 11) is 0. The number of hydrogen-bond acceptors (Lipinski definition) is 2. The summed E-state index contributed by atoms with van der Waals surface area (Å²) >= 11 is 11.0. The molecular weight excluding hydrogens is 197 g/mol. The van der Waals surface area contributed by atoms with Crippen LogP contribution in [0.15, 0.2) is 18.3 Å². The number of aromatic nitrogens is 1. The van der Waals surface area contributed by atoms with E-state index in [2.05, 4.69) is 18.3 Å². The van der Waals surface area contributed by atoms with Crippen molar-refractivity contribution in [3.05, 3.63) is 23.5 Å². The van der Waals surface area contributed by atoms with Gasteiger partial charge in [0, 0.05) is 11.5 Å². The summed E-state index contributed by atoms with van der Waals surface area (Å²) in [5, 5.41) is 1.66. The molecule has 1 nitrogen and oxygen atoms in total. The Morgan fingerprint density at radius 2 is 2.09 bits per heavy atom. The Morgan fingerprint density at radius 1 is 1.45 bits per heavy atom. The Labute approximate surface area is 76.8 Å². The number of hydrogen-bond donors (Lipinski definition) is 0. The van der Waals surface area contributed by atoms with Crippen LogP contribution in [0.2, 0.25) is 5.15 Å². The van der Waals surface area contributed by atoms with Gasteiger partial charge in [-0.25, -0.2) is 4.98 Å². The van der Waals surface area contributed by atoms with Crippen LogP contribution >= 0.6 is 17.6 Å². The van der Waals surface area contributed by atoms with Crippen molar-refractivity contribution in [3.63, 3.8) is 0 Å². The molecule has 0 amide bonds. The average molecular weight is 206 g/mol. The lowest BCUT2D eigenvalue weighted by molar-refractivity contribution is 1.35. The fraction of sp³-hybridized carbons (Fsp3) is 0.286. The highest BCUT2D eigenvalue weighted by Crippen LogP contribution is 2.34. The van der Waals surface area contributed by atoms with E-state index in [1.807, 2.05) is 6.07 Å². The standard InChI is InChI=1S/C7H9ClNPS/c1-10(2,11)6-3-4-7(8)9-5-6/h3-5H,1-2H3. The molecule has 0 fully saturated rings. The van der Waals surface area contributed by atoms with Crippen LogP contribution in [0.5, 0.6) is 0 Å². The first kappa shape index (κ1) is 9.18. The Hall–Kier alpha value is 0.0900. The van der Waals surface area contributed by atoms with Gasteiger partial charge in [-0.15, -0.1) is 0 Å². The molecule has 0 aliphatic heterocycles. The third-order valence-corrected chi connectivity index (χ3v) is 3.70. The van der Waals surface area contributed by atoms with Crippen LogP contribution < -0.4 is 5.30 Å². The summed E-state index contributed by atoms with van der Waals surface area (Å²) in [5.41, 5.74) is 0. The molecule has 0 saturated heterocycles. The van der Waals surface area contributed by atoms with Crippen molar-refractivity contribution in [1.82, 2.24) is 4.98 Å². The molecular formula is C7H9ClNPS. The maximum Gasteiger partial charge on any atom is 0.129 e. The van der Waals surface area contributed by atoms with Crippen molar-refractivity contribution in [2.75, 3.05) is 13.3 Å². The van der Waals surface area contributed by atoms with Gasteiger partial charge in [0.05, 0.1) is 0 Å². The number of nitrogens with zero attached hydrogens (tertiary/aromatic N) is 1. The molecule has 0 unspecified atom stereocenters. The van der Waals surface area contributed by atoms with Gasteiger partial charge in [0.1, 0.15) is 5.15 Å². The van der Waals surface area contributed by atoms with E-state index in [9.17, 15) is 0 Å². The molecule has 1 heterocycles. The molecule has 0 saturated carbocycles. The van der Waals surface area contributed by atoms with Gasteiger partial charge in [-0.3, -0.25) is 0 Å². The zero-order valence-electron chi connectivity index (χ0n) is 6.41. The summed E-state index contributed by atoms with van der Waals surface area (Å²) in [4.78, 5) is 3.97. The summed E-state index contributed by atoms with van der Waals surface area (Å²) in [6, 6.07) is 2.41. The largest absolute Gasteiger partial charge is 0.244 e. The Morgan fingerprint density at radius 3 is 2.45 bits per heavy atom. The zero-order valence-corrected chi connectivity index (χ0v) is 8.88. The molecule has 60 valence electrons. The van der Waals surface area contributed by atoms with Crippen LogP contribution in [0.1, 0.15) is 0 Å². The minimum Gasteiger partial charge on any atom is -0.244 e. The molecule has 4 heteroatoms. The smallest absolute Gasteiger partial charge is 0.129 e. The van der Waals surface area contributed by atoms with E-state index in [1.165, 1.54) is 0 Å². The van der Waals surface area contributed by atoms with Gasteiger partial charge >= 0.3 is 0 Å². The molecule has 1 aromatic heterocycles. The van der Waals surface area contributed by atoms with Gasteiger partial charge in [0.2, 0.25) is 0 Å². The zero-order chi connectivity index (χ0) is 8.48. The normalized spacial score (nSPS) is 11.5. The first-order chi connectivity index (χ1) is 5.00. The van der Waals surface area contributed by atoms with Crippen molar-refractivity contribution >= 4 is 34.8 Å². The van der Waals surface area contributed by atoms with Crippen molar-refractivity contribution < 1.29 is 0 Å². The molecule has 0 aromatic carbocycles. The highest BCUT2D eigenvalue weighted by Gasteiger charge is 2.05. The van der Waals surface area contributed by atoms with Gasteiger partial charge in [0.15, 0.2) is 0 Å². The molecule has 1 rings (SSSR count). The monoisotopic (exact) mass is 205 g/mol. The van der Waals surface area contributed by atoms with Crippen molar-refractivity contribution in [1.29, 1.82) is 0 Å². The molecule has 1 aromatic rings. The topological polar surface area (TPSA) is 12.9 Å². The number of halogens is 1. The first-order valence-electron chi connectivity index (χ1n) is 3.17. The van der Waals surface area contributed by atoms with Gasteiger partial charge in [-0.05, 0) is 31.5 Å². The van der Waals surface area contributed by atoms with Crippen LogP contribution in [-0.4, -0.2) is 18.3 Å². The van der Waals surface area contributed by atoms with E-state index in [1.54, 1.807) is 12.3 Å². The second kappa shape index (κ2) is 3.22. The first-order valence-corrected chi connectivity index (χ1v) is 7.25. The molecule has 11 heavy (non-hydrogen) atoms. The molecule has 0 atom stereocenters. The summed E-state index contributed by atoms with van der Waals surface area (Å²) in [5.74, 6) is 0. The van der Waals surface area contributed by atoms with E-state index in [0.717, 1.165) is 5.30 Å². The van der Waals surface area contributed by atoms with E-state index >= 15 is 0 Å². The predicted molar refractivity (Wildman–Crippen MR) is 55.0 cm³/mol. The molecule has 0 N–H and O–H groups in total. The lowest BCUT2D eigenvalue weighted by Crippen LogP contribution is -2.02. The highest BCUT2D eigenvalue weighted by atomic mass is 35.5. The van der Waals surface area contributed by atoms with E-state index in [0.29, 0.717) is 5.15 Å². The van der Waals surface area contributed by atoms with E-state index < -0.39 is 6.04 Å². The summed E-state index contributed by atoms with van der Waals surface area (Å²) in [6.45, 7) is 4.15. The number of pyridine rings is 1. The van der Waals surface area contributed by atoms with Crippen LogP contribution in [0, 0.1) is 0 Å². The Kier molecular flexibility index (Phi) is 2.69. The fourth-order valence-corrected chi connectivity index (χ4v) is 1.89. The molecule has 0 aliphatic rings. The van der Waals surface area contributed by atoms with Crippen LogP contribution in [0.4, 0.5) is 0 Å². The quantitative estimate of drug-likeness (QED) is 0.515. The molecule has 0 radical (unpaired) electrons. The Bertz CT molecular complexity index is 290. The van der Waals surface area contributed by atoms with Crippen molar-refractivity contribution in [2.45, 2.75) is 0 Å². The lowest BCUT2D eigenvalue weighted by Gasteiger charge is -2.08. The van der Waals surface area contributed by atoms with E-state index in [4.69, 9.17) is 23.4 Å². The molecule has 0 bridgehead atoms. The summed E-state index contributed by atoms with van der Waals surface area (Å²) < 4.78 is 0. The second-order valence-corrected chi connectivity index (χ2v) is 9.03. The van der Waals surface area contributed by atoms with Gasteiger partial charge in [-0.2, -0.15) is 0 Å². The second-order valence-electron chi connectivity index (χ2n) is 2.69. The fourth-order valence-electron chi connectivity index (χ4n) is 0.687. The lowest BCUT2D eigenvalue weighted by atomic mass is 10.5. The van der Waals surface area contributed by atoms with Crippen molar-refractivity contribution in [2.24, 2.45) is 0 Å². The SMILES string of the molecule is CP(C)(=S)c1ccc(Cl)nc1. The van der Waals surface area contributed by atoms with Crippen LogP contribution in [0.25, 0.3) is 0 Å². The summed E-state index contributed by atoms with van der Waals surface area (Å²) in [6.07, 6.45) is 1.77.